The van der Waals surface area contributed by atoms with Crippen molar-refractivity contribution in [2.45, 2.75) is 110 Å². The molecule has 15 aromatic rings. The molecule has 0 N–H and O–H groups in total. The SMILES string of the molecule is CC(C)(C)c1ccc(N(c2ccc3c(c2)oc2c([Si](C)(C)C)cccc23)c2cc3c(c4oc5c(c24)CCC=C5)-c2c(cc(N(c4ccc(C(C)(C)C)cc4)c4ccc5c(c4)oc4c([Si](C)(C)C)cccc45)c4c2oc2ccccc24)C32c3ccccc3-c3ccccc32)cc1. The van der Waals surface area contributed by atoms with Crippen molar-refractivity contribution in [1.29, 1.82) is 0 Å². The van der Waals surface area contributed by atoms with Crippen LogP contribution in [0.15, 0.2) is 230 Å². The van der Waals surface area contributed by atoms with Gasteiger partial charge in [-0.25, -0.2) is 0 Å². The molecule has 0 saturated heterocycles. The lowest BCUT2D eigenvalue weighted by Crippen LogP contribution is -2.37. The number of nitrogens with zero attached hydrogens (tertiary/aromatic N) is 2. The van der Waals surface area contributed by atoms with Crippen LogP contribution in [0.3, 0.4) is 0 Å². The van der Waals surface area contributed by atoms with Crippen LogP contribution in [0.2, 0.25) is 39.3 Å². The molecule has 0 amide bonds. The fourth-order valence-corrected chi connectivity index (χ4v) is 19.4. The molecule has 95 heavy (non-hydrogen) atoms. The van der Waals surface area contributed by atoms with Gasteiger partial charge >= 0.3 is 0 Å². The lowest BCUT2D eigenvalue weighted by atomic mass is 9.70. The van der Waals surface area contributed by atoms with Gasteiger partial charge in [0.25, 0.3) is 0 Å². The number of para-hydroxylation sites is 3. The summed E-state index contributed by atoms with van der Waals surface area (Å²) in [5.74, 6) is 0.894. The van der Waals surface area contributed by atoms with Crippen molar-refractivity contribution in [1.82, 2.24) is 0 Å². The van der Waals surface area contributed by atoms with Crippen LogP contribution in [0.25, 0.3) is 105 Å². The molecular weight excluding hydrogens is 1190 g/mol. The highest BCUT2D eigenvalue weighted by molar-refractivity contribution is 6.90. The zero-order chi connectivity index (χ0) is 65.0. The number of rotatable bonds is 8. The number of hydrogen-bond acceptors (Lipinski definition) is 6. The third kappa shape index (κ3) is 8.39. The Morgan fingerprint density at radius 2 is 0.821 bits per heavy atom. The Balaban J connectivity index is 0.982. The predicted molar refractivity (Wildman–Crippen MR) is 404 cm³/mol. The quantitative estimate of drug-likeness (QED) is 0.141. The van der Waals surface area contributed by atoms with Crippen molar-refractivity contribution in [2.24, 2.45) is 0 Å². The molecule has 0 saturated carbocycles. The normalized spacial score (nSPS) is 14.3. The van der Waals surface area contributed by atoms with E-state index in [1.165, 1.54) is 49.3 Å². The van der Waals surface area contributed by atoms with Gasteiger partial charge in [-0.05, 0) is 151 Å². The van der Waals surface area contributed by atoms with Gasteiger partial charge < -0.3 is 27.5 Å². The topological polar surface area (TPSA) is 59.0 Å². The van der Waals surface area contributed by atoms with Crippen LogP contribution in [-0.2, 0) is 22.7 Å². The van der Waals surface area contributed by atoms with Crippen molar-refractivity contribution in [3.63, 3.8) is 0 Å². The first kappa shape index (κ1) is 57.8. The molecule has 8 heteroatoms. The van der Waals surface area contributed by atoms with Crippen molar-refractivity contribution < 1.29 is 17.7 Å². The second kappa shape index (κ2) is 20.1. The summed E-state index contributed by atoms with van der Waals surface area (Å²) in [6, 6.07) is 77.8. The van der Waals surface area contributed by atoms with E-state index in [0.29, 0.717) is 0 Å². The van der Waals surface area contributed by atoms with Crippen molar-refractivity contribution in [3.8, 4) is 22.3 Å². The van der Waals surface area contributed by atoms with Crippen molar-refractivity contribution in [3.05, 3.63) is 257 Å². The zero-order valence-corrected chi connectivity index (χ0v) is 58.2. The van der Waals surface area contributed by atoms with Gasteiger partial charge in [0.15, 0.2) is 0 Å². The standard InChI is InChI=1S/C87H76N2O4Si2/c1-85(2,3)51-35-39-53(40-36-51)88(55-43-45-59-61-27-21-33-75(94(7,8)9)81(61)92-73(59)47-55)69-49-67-79(83-77(69)63-25-15-19-31-71(63)90-83)80-68(87(67)65-29-17-13-23-57(65)58-24-14-18-30-66(58)87)50-70(78-64-26-16-20-32-72(64)91-84(78)80)89(54-41-37-52(38-42-54)86(4,5)6)56-44-46-60-62-28-22-34-76(95(10,11)12)82(62)93-74(60)48-56/h13-15,17-25,27-50H,16,26H2,1-12H3. The highest BCUT2D eigenvalue weighted by Crippen LogP contribution is 2.68. The van der Waals surface area contributed by atoms with Crippen molar-refractivity contribution >= 4 is 144 Å². The van der Waals surface area contributed by atoms with E-state index in [1.54, 1.807) is 0 Å². The lowest BCUT2D eigenvalue weighted by Gasteiger charge is -2.34. The fourth-order valence-electron chi connectivity index (χ4n) is 16.5. The number of hydrogen-bond donors (Lipinski definition) is 0. The number of aryl methyl sites for hydroxylation is 1. The maximum absolute atomic E-state index is 7.74. The summed E-state index contributed by atoms with van der Waals surface area (Å²) < 4.78 is 29.8. The van der Waals surface area contributed by atoms with E-state index in [0.717, 1.165) is 152 Å². The van der Waals surface area contributed by atoms with E-state index >= 15 is 0 Å². The molecule has 11 aromatic carbocycles. The second-order valence-electron chi connectivity index (χ2n) is 31.1. The Bertz CT molecular complexity index is 5740. The van der Waals surface area contributed by atoms with Crippen LogP contribution in [0, 0.1) is 0 Å². The number of allylic oxidation sites excluding steroid dienone is 1. The van der Waals surface area contributed by atoms with E-state index in [9.17, 15) is 0 Å². The lowest BCUT2D eigenvalue weighted by molar-refractivity contribution is 0.590. The number of anilines is 6. The third-order valence-electron chi connectivity index (χ3n) is 21.1. The molecule has 0 atom stereocenters. The molecule has 0 aliphatic heterocycles. The molecular formula is C87H76N2O4Si2. The van der Waals surface area contributed by atoms with Gasteiger partial charge in [0, 0.05) is 83.9 Å². The maximum atomic E-state index is 7.74. The van der Waals surface area contributed by atoms with Crippen LogP contribution < -0.4 is 20.2 Å². The summed E-state index contributed by atoms with van der Waals surface area (Å²) in [6.45, 7) is 28.2. The monoisotopic (exact) mass is 1270 g/mol. The largest absolute Gasteiger partial charge is 0.456 e. The summed E-state index contributed by atoms with van der Waals surface area (Å²) in [5.41, 5.74) is 24.3. The van der Waals surface area contributed by atoms with Crippen LogP contribution >= 0.6 is 0 Å². The van der Waals surface area contributed by atoms with Gasteiger partial charge in [-0.3, -0.25) is 0 Å². The van der Waals surface area contributed by atoms with E-state index < -0.39 is 21.6 Å². The van der Waals surface area contributed by atoms with Gasteiger partial charge in [-0.1, -0.05) is 214 Å². The van der Waals surface area contributed by atoms with Gasteiger partial charge in [-0.15, -0.1) is 0 Å². The molecule has 1 spiro atoms. The second-order valence-corrected chi connectivity index (χ2v) is 41.1. The fraction of sp³-hybridized carbons (Fsp3) is 0.195. The molecule has 0 fully saturated rings. The molecule has 0 radical (unpaired) electrons. The zero-order valence-electron chi connectivity index (χ0n) is 56.2. The first-order chi connectivity index (χ1) is 45.6. The minimum atomic E-state index is -1.80. The van der Waals surface area contributed by atoms with E-state index in [1.807, 2.05) is 0 Å². The molecule has 3 aliphatic carbocycles. The summed E-state index contributed by atoms with van der Waals surface area (Å²) in [6.07, 6.45) is 6.21. The summed E-state index contributed by atoms with van der Waals surface area (Å²) in [7, 11) is -3.60. The van der Waals surface area contributed by atoms with E-state index in [4.69, 9.17) is 17.7 Å². The van der Waals surface area contributed by atoms with Gasteiger partial charge in [0.1, 0.15) is 44.8 Å². The van der Waals surface area contributed by atoms with Gasteiger partial charge in [-0.2, -0.15) is 0 Å². The summed E-state index contributed by atoms with van der Waals surface area (Å²) in [4.78, 5) is 4.98. The highest BCUT2D eigenvalue weighted by Gasteiger charge is 2.55. The Morgan fingerprint density at radius 1 is 0.379 bits per heavy atom. The van der Waals surface area contributed by atoms with Crippen LogP contribution in [0.1, 0.15) is 92.7 Å². The smallest absolute Gasteiger partial charge is 0.145 e. The maximum Gasteiger partial charge on any atom is 0.145 e. The molecule has 0 unspecified atom stereocenters. The Hall–Kier alpha value is -9.87. The molecule has 0 bridgehead atoms. The van der Waals surface area contributed by atoms with Crippen LogP contribution in [0.4, 0.5) is 34.1 Å². The minimum Gasteiger partial charge on any atom is -0.456 e. The average Bonchev–Trinajstić information content (AvgIpc) is 1.49. The first-order valence-corrected chi connectivity index (χ1v) is 40.9. The number of furan rings is 4. The molecule has 18 rings (SSSR count). The van der Waals surface area contributed by atoms with Crippen LogP contribution in [0.5, 0.6) is 0 Å². The minimum absolute atomic E-state index is 0.0628. The number of benzene rings is 11. The predicted octanol–water partition coefficient (Wildman–Crippen LogP) is 24.1. The van der Waals surface area contributed by atoms with Crippen molar-refractivity contribution in [2.75, 3.05) is 9.80 Å². The summed E-state index contributed by atoms with van der Waals surface area (Å²) in [5, 5.41) is 10.3. The molecule has 4 aromatic heterocycles. The molecule has 4 heterocycles. The number of fused-ring (bicyclic) bond motifs is 24. The molecule has 6 nitrogen and oxygen atoms in total. The molecule has 466 valence electrons. The van der Waals surface area contributed by atoms with E-state index in [2.05, 4.69) is 309 Å². The summed E-state index contributed by atoms with van der Waals surface area (Å²) >= 11 is 0. The Labute approximate surface area is 556 Å². The van der Waals surface area contributed by atoms with Crippen LogP contribution in [-0.4, -0.2) is 16.1 Å². The molecule has 3 aliphatic rings. The van der Waals surface area contributed by atoms with Gasteiger partial charge in [0.05, 0.1) is 38.3 Å². The first-order valence-electron chi connectivity index (χ1n) is 33.9. The Kier molecular flexibility index (Phi) is 12.2. The van der Waals surface area contributed by atoms with Gasteiger partial charge in [0.2, 0.25) is 0 Å². The van der Waals surface area contributed by atoms with E-state index in [-0.39, 0.29) is 10.8 Å². The Morgan fingerprint density at radius 3 is 1.33 bits per heavy atom. The average molecular weight is 1270 g/mol. The highest BCUT2D eigenvalue weighted by atomic mass is 28.3. The third-order valence-corrected chi connectivity index (χ3v) is 25.1.